The lowest BCUT2D eigenvalue weighted by atomic mass is 10.1. The van der Waals surface area contributed by atoms with Gasteiger partial charge < -0.3 is 9.30 Å². The van der Waals surface area contributed by atoms with Crippen LogP contribution in [0.15, 0.2) is 18.2 Å². The van der Waals surface area contributed by atoms with Gasteiger partial charge >= 0.3 is 0 Å². The van der Waals surface area contributed by atoms with Gasteiger partial charge in [0.1, 0.15) is 17.1 Å². The molecule has 2 heterocycles. The van der Waals surface area contributed by atoms with Crippen LogP contribution in [0.1, 0.15) is 32.5 Å². The third-order valence-electron chi connectivity index (χ3n) is 4.03. The number of hydrogen-bond acceptors (Lipinski definition) is 3. The van der Waals surface area contributed by atoms with Crippen LogP contribution in [0.5, 0.6) is 5.75 Å². The molecule has 1 aliphatic heterocycles. The Labute approximate surface area is 135 Å². The summed E-state index contributed by atoms with van der Waals surface area (Å²) in [7, 11) is 0. The molecule has 0 aliphatic carbocycles. The van der Waals surface area contributed by atoms with E-state index in [2.05, 4.69) is 29.3 Å². The van der Waals surface area contributed by atoms with Gasteiger partial charge in [0.2, 0.25) is 0 Å². The molecule has 1 fully saturated rings. The van der Waals surface area contributed by atoms with E-state index in [1.165, 1.54) is 18.6 Å². The quantitative estimate of drug-likeness (QED) is 0.760. The molecule has 5 heteroatoms. The van der Waals surface area contributed by atoms with Crippen molar-refractivity contribution in [2.45, 2.75) is 43.9 Å². The molecule has 21 heavy (non-hydrogen) atoms. The number of rotatable bonds is 5. The Bertz CT molecular complexity index is 634. The molecule has 3 nitrogen and oxygen atoms in total. The van der Waals surface area contributed by atoms with Gasteiger partial charge in [-0.05, 0) is 44.6 Å². The highest BCUT2D eigenvalue weighted by molar-refractivity contribution is 8.00. The maximum absolute atomic E-state index is 6.13. The van der Waals surface area contributed by atoms with Crippen LogP contribution in [0.4, 0.5) is 0 Å². The van der Waals surface area contributed by atoms with Crippen LogP contribution in [-0.2, 0) is 12.4 Å². The summed E-state index contributed by atoms with van der Waals surface area (Å²) in [5.74, 6) is 3.47. The average molecular weight is 325 g/mol. The number of thioether (sulfide) groups is 1. The van der Waals surface area contributed by atoms with E-state index >= 15 is 0 Å². The Balaban J connectivity index is 2.05. The van der Waals surface area contributed by atoms with Gasteiger partial charge in [-0.1, -0.05) is 6.07 Å². The summed E-state index contributed by atoms with van der Waals surface area (Å²) in [6.45, 7) is 5.96. The van der Waals surface area contributed by atoms with Crippen molar-refractivity contribution < 1.29 is 4.74 Å². The first-order valence-electron chi connectivity index (χ1n) is 7.48. The van der Waals surface area contributed by atoms with E-state index in [9.17, 15) is 0 Å². The fourth-order valence-electron chi connectivity index (χ4n) is 3.02. The molecule has 0 N–H and O–H groups in total. The minimum Gasteiger partial charge on any atom is -0.492 e. The van der Waals surface area contributed by atoms with Crippen LogP contribution >= 0.6 is 23.4 Å². The SMILES string of the molecule is CCOc1cccc2c1nc(CCl)n2CC1(C)CCCS1. The molecule has 1 saturated heterocycles. The highest BCUT2D eigenvalue weighted by Gasteiger charge is 2.31. The fraction of sp³-hybridized carbons (Fsp3) is 0.562. The van der Waals surface area contributed by atoms with E-state index in [1.807, 2.05) is 19.1 Å². The second-order valence-corrected chi connectivity index (χ2v) is 7.66. The molecule has 114 valence electrons. The molecule has 1 atom stereocenters. The summed E-state index contributed by atoms with van der Waals surface area (Å²) in [5, 5.41) is 0. The number of para-hydroxylation sites is 1. The predicted octanol–water partition coefficient (Wildman–Crippen LogP) is 4.46. The molecule has 0 radical (unpaired) electrons. The number of ether oxygens (including phenoxy) is 1. The Morgan fingerprint density at radius 1 is 1.48 bits per heavy atom. The molecule has 1 aromatic carbocycles. The maximum Gasteiger partial charge on any atom is 0.147 e. The van der Waals surface area contributed by atoms with E-state index in [1.54, 1.807) is 0 Å². The average Bonchev–Trinajstić information content (AvgIpc) is 3.05. The van der Waals surface area contributed by atoms with Gasteiger partial charge in [0.15, 0.2) is 0 Å². The molecule has 3 rings (SSSR count). The summed E-state index contributed by atoms with van der Waals surface area (Å²) in [5.41, 5.74) is 2.06. The molecule has 0 saturated carbocycles. The monoisotopic (exact) mass is 324 g/mol. The van der Waals surface area contributed by atoms with Crippen LogP contribution in [0.3, 0.4) is 0 Å². The minimum atomic E-state index is 0.288. The second kappa shape index (κ2) is 6.09. The lowest BCUT2D eigenvalue weighted by molar-refractivity contribution is 0.343. The first-order chi connectivity index (χ1) is 10.2. The molecule has 0 amide bonds. The second-order valence-electron chi connectivity index (χ2n) is 5.71. The lowest BCUT2D eigenvalue weighted by Gasteiger charge is -2.24. The fourth-order valence-corrected chi connectivity index (χ4v) is 4.51. The molecule has 0 bridgehead atoms. The molecule has 2 aromatic rings. The van der Waals surface area contributed by atoms with Crippen LogP contribution in [-0.4, -0.2) is 26.7 Å². The van der Waals surface area contributed by atoms with E-state index in [4.69, 9.17) is 21.3 Å². The van der Waals surface area contributed by atoms with Gasteiger partial charge in [-0.2, -0.15) is 11.8 Å². The summed E-state index contributed by atoms with van der Waals surface area (Å²) in [6.07, 6.45) is 2.55. The highest BCUT2D eigenvalue weighted by atomic mass is 35.5. The van der Waals surface area contributed by atoms with Gasteiger partial charge in [-0.3, -0.25) is 0 Å². The number of fused-ring (bicyclic) bond motifs is 1. The number of hydrogen-bond donors (Lipinski definition) is 0. The molecule has 1 unspecified atom stereocenters. The predicted molar refractivity (Wildman–Crippen MR) is 90.6 cm³/mol. The first-order valence-corrected chi connectivity index (χ1v) is 9.00. The Morgan fingerprint density at radius 3 is 3.00 bits per heavy atom. The van der Waals surface area contributed by atoms with Crippen molar-refractivity contribution in [3.05, 3.63) is 24.0 Å². The zero-order chi connectivity index (χ0) is 14.9. The largest absolute Gasteiger partial charge is 0.492 e. The van der Waals surface area contributed by atoms with E-state index in [-0.39, 0.29) is 4.75 Å². The number of halogens is 1. The summed E-state index contributed by atoms with van der Waals surface area (Å²) in [6, 6.07) is 6.13. The van der Waals surface area contributed by atoms with Crippen molar-refractivity contribution in [3.8, 4) is 5.75 Å². The number of aromatic nitrogens is 2. The van der Waals surface area contributed by atoms with Crippen molar-refractivity contribution in [2.75, 3.05) is 12.4 Å². The van der Waals surface area contributed by atoms with Gasteiger partial charge in [0.05, 0.1) is 18.0 Å². The Morgan fingerprint density at radius 2 is 2.33 bits per heavy atom. The van der Waals surface area contributed by atoms with E-state index in [0.29, 0.717) is 12.5 Å². The molecular weight excluding hydrogens is 304 g/mol. The minimum absolute atomic E-state index is 0.288. The molecule has 1 aromatic heterocycles. The number of alkyl halides is 1. The third-order valence-corrected chi connectivity index (χ3v) is 5.80. The number of benzene rings is 1. The highest BCUT2D eigenvalue weighted by Crippen LogP contribution is 2.40. The van der Waals surface area contributed by atoms with Gasteiger partial charge in [0, 0.05) is 11.3 Å². The van der Waals surface area contributed by atoms with Gasteiger partial charge in [-0.15, -0.1) is 11.6 Å². The summed E-state index contributed by atoms with van der Waals surface area (Å²) >= 11 is 8.20. The van der Waals surface area contributed by atoms with Crippen molar-refractivity contribution in [1.82, 2.24) is 9.55 Å². The van der Waals surface area contributed by atoms with Crippen molar-refractivity contribution >= 4 is 34.4 Å². The zero-order valence-corrected chi connectivity index (χ0v) is 14.1. The van der Waals surface area contributed by atoms with Gasteiger partial charge in [0.25, 0.3) is 0 Å². The Hall–Kier alpha value is -0.870. The van der Waals surface area contributed by atoms with Crippen LogP contribution < -0.4 is 4.74 Å². The first kappa shape index (κ1) is 15.0. The number of nitrogens with zero attached hydrogens (tertiary/aromatic N) is 2. The molecule has 0 spiro atoms. The van der Waals surface area contributed by atoms with Crippen LogP contribution in [0.2, 0.25) is 0 Å². The van der Waals surface area contributed by atoms with Crippen LogP contribution in [0.25, 0.3) is 11.0 Å². The molecular formula is C16H21ClN2OS. The zero-order valence-electron chi connectivity index (χ0n) is 12.6. The standard InChI is InChI=1S/C16H21ClN2OS/c1-3-20-13-7-4-6-12-15(13)18-14(10-17)19(12)11-16(2)8-5-9-21-16/h4,6-7H,3,5,8-11H2,1-2H3. The number of imidazole rings is 1. The topological polar surface area (TPSA) is 27.1 Å². The molecule has 1 aliphatic rings. The Kier molecular flexibility index (Phi) is 4.36. The summed E-state index contributed by atoms with van der Waals surface area (Å²) < 4.78 is 8.27. The van der Waals surface area contributed by atoms with E-state index < -0.39 is 0 Å². The van der Waals surface area contributed by atoms with Crippen molar-refractivity contribution in [3.63, 3.8) is 0 Å². The van der Waals surface area contributed by atoms with E-state index in [0.717, 1.165) is 29.2 Å². The van der Waals surface area contributed by atoms with Crippen molar-refractivity contribution in [2.24, 2.45) is 0 Å². The van der Waals surface area contributed by atoms with Crippen molar-refractivity contribution in [1.29, 1.82) is 0 Å². The summed E-state index contributed by atoms with van der Waals surface area (Å²) in [4.78, 5) is 4.72. The lowest BCUT2D eigenvalue weighted by Crippen LogP contribution is -2.24. The normalized spacial score (nSPS) is 22.0. The van der Waals surface area contributed by atoms with Crippen LogP contribution in [0, 0.1) is 0 Å². The maximum atomic E-state index is 6.13. The third kappa shape index (κ3) is 2.88. The smallest absolute Gasteiger partial charge is 0.147 e. The van der Waals surface area contributed by atoms with Gasteiger partial charge in [-0.25, -0.2) is 4.98 Å².